The molecule has 0 unspecified atom stereocenters. The van der Waals surface area contributed by atoms with Crippen molar-refractivity contribution < 1.29 is 39.2 Å². The van der Waals surface area contributed by atoms with Crippen LogP contribution in [0.5, 0.6) is 0 Å². The van der Waals surface area contributed by atoms with Crippen LogP contribution in [0, 0.1) is 127 Å². The first kappa shape index (κ1) is 28.7. The van der Waals surface area contributed by atoms with Crippen LogP contribution in [0.1, 0.15) is 13.8 Å². The Labute approximate surface area is 197 Å². The van der Waals surface area contributed by atoms with E-state index in [4.69, 9.17) is 0 Å². The van der Waals surface area contributed by atoms with E-state index < -0.39 is 5.60 Å². The number of hydrogen-bond donors (Lipinski definition) is 1. The number of aliphatic hydroxyl groups is 1. The van der Waals surface area contributed by atoms with Crippen molar-refractivity contribution in [3.8, 4) is 0 Å². The minimum absolute atomic E-state index is 0. The Kier molecular flexibility index (Phi) is 16.9. The minimum Gasteiger partial charge on any atom is -0.386 e. The summed E-state index contributed by atoms with van der Waals surface area (Å²) in [5.41, 5.74) is 0.120. The summed E-state index contributed by atoms with van der Waals surface area (Å²) >= 11 is 0. The first-order chi connectivity index (χ1) is 12.6. The summed E-state index contributed by atoms with van der Waals surface area (Å²) in [6, 6.07) is 0. The number of hydrogen-bond acceptors (Lipinski definition) is 1. The zero-order chi connectivity index (χ0) is 18.7. The molecule has 4 rings (SSSR count). The van der Waals surface area contributed by atoms with Crippen LogP contribution in [0.2, 0.25) is 0 Å². The second-order valence-corrected chi connectivity index (χ2v) is 6.43. The molecular weight excluding hydrogens is 428 g/mol. The zero-order valence-electron chi connectivity index (χ0n) is 16.1. The van der Waals surface area contributed by atoms with Crippen molar-refractivity contribution >= 4 is 0 Å². The molecule has 0 spiro atoms. The molecule has 20 radical (unpaired) electrons. The first-order valence-corrected chi connectivity index (χ1v) is 8.79. The molecule has 4 saturated carbocycles. The molecule has 4 aliphatic rings. The Morgan fingerprint density at radius 3 is 1.25 bits per heavy atom. The molecule has 0 atom stereocenters. The molecule has 0 amide bonds. The summed E-state index contributed by atoms with van der Waals surface area (Å²) in [5.74, 6) is 2.20. The van der Waals surface area contributed by atoms with Gasteiger partial charge in [-0.1, -0.05) is 6.08 Å². The fourth-order valence-corrected chi connectivity index (χ4v) is 2.46. The molecule has 0 aromatic rings. The van der Waals surface area contributed by atoms with Crippen LogP contribution < -0.4 is 0 Å². The first-order valence-electron chi connectivity index (χ1n) is 8.79. The second kappa shape index (κ2) is 16.4. The minimum atomic E-state index is -0.828. The maximum atomic E-state index is 10.2. The van der Waals surface area contributed by atoms with Gasteiger partial charge in [0.25, 0.3) is 0 Å². The zero-order valence-corrected chi connectivity index (χ0v) is 18.3. The molecule has 28 heavy (non-hydrogen) atoms. The fraction of sp³-hybridized carbons (Fsp3) is 0.120. The van der Waals surface area contributed by atoms with Crippen molar-refractivity contribution in [1.82, 2.24) is 0 Å². The fourth-order valence-electron chi connectivity index (χ4n) is 2.46. The van der Waals surface area contributed by atoms with E-state index in [2.05, 4.69) is 0 Å². The molecule has 4 fully saturated rings. The summed E-state index contributed by atoms with van der Waals surface area (Å²) < 4.78 is 0. The Hall–Kier alpha value is 0.739. The van der Waals surface area contributed by atoms with Gasteiger partial charge in [-0.25, -0.2) is 0 Å². The van der Waals surface area contributed by atoms with Crippen molar-refractivity contribution in [1.29, 1.82) is 0 Å². The van der Waals surface area contributed by atoms with Gasteiger partial charge in [-0.2, -0.15) is 0 Å². The largest absolute Gasteiger partial charge is 2.00 e. The summed E-state index contributed by atoms with van der Waals surface area (Å²) in [4.78, 5) is 0. The van der Waals surface area contributed by atoms with Gasteiger partial charge in [-0.15, -0.1) is 0 Å². The van der Waals surface area contributed by atoms with Gasteiger partial charge < -0.3 is 5.11 Å². The van der Waals surface area contributed by atoms with E-state index in [0.29, 0.717) is 0 Å². The Morgan fingerprint density at radius 2 is 0.929 bits per heavy atom. The molecule has 0 heterocycles. The van der Waals surface area contributed by atoms with Crippen LogP contribution in [-0.4, -0.2) is 10.7 Å². The van der Waals surface area contributed by atoms with E-state index >= 15 is 0 Å². The molecule has 4 aliphatic carbocycles. The quantitative estimate of drug-likeness (QED) is 0.622. The van der Waals surface area contributed by atoms with Crippen LogP contribution in [0.15, 0.2) is 11.6 Å². The summed E-state index contributed by atoms with van der Waals surface area (Å²) in [7, 11) is 0. The van der Waals surface area contributed by atoms with E-state index in [-0.39, 0.29) is 34.1 Å². The van der Waals surface area contributed by atoms with Crippen molar-refractivity contribution in [2.75, 3.05) is 0 Å². The molecule has 1 N–H and O–H groups in total. The van der Waals surface area contributed by atoms with Gasteiger partial charge in [0.1, 0.15) is 0 Å². The van der Waals surface area contributed by atoms with Gasteiger partial charge in [0.15, 0.2) is 0 Å². The summed E-state index contributed by atoms with van der Waals surface area (Å²) in [6.45, 7) is 3.63. The Bertz CT molecular complexity index is 355. The molecule has 0 aromatic heterocycles. The molecule has 0 saturated heterocycles. The van der Waals surface area contributed by atoms with Gasteiger partial charge in [-0.3, -0.25) is 0 Å². The maximum Gasteiger partial charge on any atom is 2.00 e. The van der Waals surface area contributed by atoms with Crippen LogP contribution >= 0.6 is 0 Å². The van der Waals surface area contributed by atoms with Gasteiger partial charge in [-0.05, 0) is 135 Å². The van der Waals surface area contributed by atoms with Crippen molar-refractivity contribution in [2.24, 2.45) is 0 Å². The van der Waals surface area contributed by atoms with Crippen molar-refractivity contribution in [2.45, 2.75) is 19.4 Å². The van der Waals surface area contributed by atoms with Gasteiger partial charge in [0, 0.05) is 11.8 Å². The predicted octanol–water partition coefficient (Wildman–Crippen LogP) is 4.53. The number of rotatable bonds is 3. The van der Waals surface area contributed by atoms with Gasteiger partial charge in [0.05, 0.1) is 5.60 Å². The number of allylic oxidation sites excluding steroid dienone is 1. The van der Waals surface area contributed by atoms with Gasteiger partial charge >= 0.3 is 34.1 Å². The molecule has 0 aromatic carbocycles. The summed E-state index contributed by atoms with van der Waals surface area (Å²) in [5, 5.41) is 10.2. The molecule has 0 aliphatic heterocycles. The van der Waals surface area contributed by atoms with E-state index in [1.807, 2.05) is 135 Å². The molecule has 144 valence electrons. The molecular formula is C25H26Fe2O+4. The SMILES string of the molecule is CC(C)(O)/C(=C/[C]1[CH][CH][CH][CH]1)[C]1[CH][CH][CH][CH]1.[CH]1[CH][CH][CH][CH]1.[CH]1[CH][CH][CH][CH]1.[Fe+2].[Fe+2]. The Balaban J connectivity index is 0.000000500. The van der Waals surface area contributed by atoms with Crippen LogP contribution in [0.3, 0.4) is 0 Å². The molecule has 1 nitrogen and oxygen atoms in total. The van der Waals surface area contributed by atoms with E-state index in [1.54, 1.807) is 0 Å². The third-order valence-corrected chi connectivity index (χ3v) is 3.74. The normalized spacial score (nSPS) is 23.2. The standard InChI is InChI=1S/C15H16O.2C5H5.2Fe/c1-15(2,16)14(13-9-5-6-10-13)11-12-7-3-4-8-12;2*1-2-4-5-3-1;;/h3-11,16H,1-2H3;2*1-5H;;/q;;;2*+2/b14-11+;;;;. The third kappa shape index (κ3) is 11.8. The van der Waals surface area contributed by atoms with Crippen molar-refractivity contribution in [3.63, 3.8) is 0 Å². The smallest absolute Gasteiger partial charge is 0.386 e. The van der Waals surface area contributed by atoms with Crippen LogP contribution in [0.25, 0.3) is 0 Å². The van der Waals surface area contributed by atoms with Crippen molar-refractivity contribution in [3.05, 3.63) is 139 Å². The third-order valence-electron chi connectivity index (χ3n) is 3.74. The Morgan fingerprint density at radius 1 is 0.607 bits per heavy atom. The average molecular weight is 454 g/mol. The van der Waals surface area contributed by atoms with E-state index in [1.165, 1.54) is 0 Å². The molecule has 3 heteroatoms. The maximum absolute atomic E-state index is 10.2. The topological polar surface area (TPSA) is 20.2 Å². The predicted molar refractivity (Wildman–Crippen MR) is 108 cm³/mol. The van der Waals surface area contributed by atoms with Crippen LogP contribution in [0.4, 0.5) is 0 Å². The van der Waals surface area contributed by atoms with E-state index in [0.717, 1.165) is 17.4 Å². The van der Waals surface area contributed by atoms with Gasteiger partial charge in [0.2, 0.25) is 0 Å². The average Bonchev–Trinajstić information content (AvgIpc) is 3.45. The molecule has 0 bridgehead atoms. The summed E-state index contributed by atoms with van der Waals surface area (Å²) in [6.07, 6.45) is 38.1. The van der Waals surface area contributed by atoms with Crippen LogP contribution in [-0.2, 0) is 34.1 Å². The van der Waals surface area contributed by atoms with E-state index in [9.17, 15) is 5.11 Å². The second-order valence-electron chi connectivity index (χ2n) is 6.43. The monoisotopic (exact) mass is 454 g/mol.